The summed E-state index contributed by atoms with van der Waals surface area (Å²) < 4.78 is 0. The molecule has 0 aromatic rings. The van der Waals surface area contributed by atoms with Crippen molar-refractivity contribution in [2.75, 3.05) is 19.6 Å². The Hall–Kier alpha value is -1.30. The van der Waals surface area contributed by atoms with Gasteiger partial charge in [0, 0.05) is 32.5 Å². The number of fused-ring (bicyclic) bond motifs is 10. The largest absolute Gasteiger partial charge is 0.393 e. The van der Waals surface area contributed by atoms with Gasteiger partial charge in [-0.15, -0.1) is 0 Å². The first-order valence-corrected chi connectivity index (χ1v) is 27.4. The molecule has 10 nitrogen and oxygen atoms in total. The van der Waals surface area contributed by atoms with Gasteiger partial charge in [0.05, 0.1) is 36.6 Å². The Morgan fingerprint density at radius 2 is 1.06 bits per heavy atom. The number of nitrogens with one attached hydrogen (secondary N) is 1. The minimum Gasteiger partial charge on any atom is -0.393 e. The van der Waals surface area contributed by atoms with E-state index in [0.717, 1.165) is 122 Å². The number of hydrogen-bond donors (Lipinski definition) is 7. The molecule has 10 heteroatoms. The van der Waals surface area contributed by atoms with Gasteiger partial charge in [0.2, 0.25) is 11.8 Å². The van der Waals surface area contributed by atoms with Gasteiger partial charge in [-0.25, -0.2) is 0 Å². The summed E-state index contributed by atoms with van der Waals surface area (Å²) in [7, 11) is 0. The van der Waals surface area contributed by atoms with Crippen molar-refractivity contribution in [3.63, 3.8) is 0 Å². The number of nitrogens with zero attached hydrogens (tertiary/aromatic N) is 1. The van der Waals surface area contributed by atoms with Crippen LogP contribution in [0.15, 0.2) is 0 Å². The summed E-state index contributed by atoms with van der Waals surface area (Å²) in [6, 6.07) is 0. The van der Waals surface area contributed by atoms with Crippen LogP contribution in [0.2, 0.25) is 0 Å². The van der Waals surface area contributed by atoms with Crippen molar-refractivity contribution in [1.82, 2.24) is 10.2 Å². The Bertz CT molecular complexity index is 1660. The Morgan fingerprint density at radius 3 is 1.54 bits per heavy atom. The zero-order valence-corrected chi connectivity index (χ0v) is 41.8. The third-order valence-electron chi connectivity index (χ3n) is 22.7. The molecule has 8 rings (SSSR count). The second-order valence-corrected chi connectivity index (χ2v) is 25.5. The van der Waals surface area contributed by atoms with Crippen LogP contribution in [-0.2, 0) is 9.59 Å². The van der Waals surface area contributed by atoms with Crippen LogP contribution in [-0.4, -0.2) is 104 Å². The number of carbonyl (C=O) groups excluding carboxylic acids is 2. The molecule has 65 heavy (non-hydrogen) atoms. The second kappa shape index (κ2) is 19.5. The predicted molar refractivity (Wildman–Crippen MR) is 254 cm³/mol. The molecule has 0 radical (unpaired) electrons. The second-order valence-electron chi connectivity index (χ2n) is 25.5. The van der Waals surface area contributed by atoms with Crippen LogP contribution in [0.5, 0.6) is 0 Å². The lowest BCUT2D eigenvalue weighted by Crippen LogP contribution is -2.62. The molecular formula is C55H94N2O8. The molecule has 0 heterocycles. The van der Waals surface area contributed by atoms with E-state index in [1.807, 2.05) is 4.90 Å². The maximum Gasteiger partial charge on any atom is 0.222 e. The van der Waals surface area contributed by atoms with Gasteiger partial charge in [0.25, 0.3) is 0 Å². The van der Waals surface area contributed by atoms with Gasteiger partial charge in [-0.05, 0) is 208 Å². The third kappa shape index (κ3) is 8.84. The fraction of sp³-hybridized carbons (Fsp3) is 0.964. The number of amides is 2. The average molecular weight is 911 g/mol. The summed E-state index contributed by atoms with van der Waals surface area (Å²) in [6.45, 7) is 17.9. The lowest BCUT2D eigenvalue weighted by molar-refractivity contribution is -0.207. The molecule has 7 N–H and O–H groups in total. The zero-order valence-electron chi connectivity index (χ0n) is 41.8. The molecule has 372 valence electrons. The number of rotatable bonds is 15. The van der Waals surface area contributed by atoms with Crippen molar-refractivity contribution in [3.8, 4) is 0 Å². The SMILES string of the molecule is CCCCN(CCCNC(=O)CCC(C)C1CCC2C3C(O)CC4C[C@@H](O)CC[C@]4(C)C3C[C@@H](O)[C@]12C)C(=O)CCC(C)C1CCC2C3C(O)CC4C[C@@H](O)CC[C@]4(C)C3C[C@@H](O)[C@]12C. The van der Waals surface area contributed by atoms with Crippen molar-refractivity contribution < 1.29 is 40.2 Å². The van der Waals surface area contributed by atoms with E-state index in [-0.39, 0.29) is 105 Å². The summed E-state index contributed by atoms with van der Waals surface area (Å²) in [4.78, 5) is 29.2. The molecular weight excluding hydrogens is 817 g/mol. The van der Waals surface area contributed by atoms with Gasteiger partial charge in [-0.1, -0.05) is 54.9 Å². The van der Waals surface area contributed by atoms with Gasteiger partial charge in [-0.3, -0.25) is 9.59 Å². The van der Waals surface area contributed by atoms with E-state index in [1.54, 1.807) is 0 Å². The lowest BCUT2D eigenvalue weighted by Gasteiger charge is -2.63. The van der Waals surface area contributed by atoms with E-state index in [9.17, 15) is 40.2 Å². The zero-order chi connectivity index (χ0) is 46.8. The van der Waals surface area contributed by atoms with Crippen LogP contribution >= 0.6 is 0 Å². The van der Waals surface area contributed by atoms with Gasteiger partial charge in [0.15, 0.2) is 0 Å². The molecule has 8 aliphatic rings. The Balaban J connectivity index is 0.791. The molecule has 0 saturated heterocycles. The minimum absolute atomic E-state index is 0.0500. The summed E-state index contributed by atoms with van der Waals surface area (Å²) in [5, 5.41) is 71.5. The standard InChI is InChI=1S/C55H94N2O8/c1-8-9-24-57(49(65)18-12-33(3)39-14-16-41-51-43(31-47(63)55(39,41)7)53(5)22-20-37(59)27-35(53)29-45(51)61)25-10-23-56-48(64)17-11-32(2)38-13-15-40-50-42(30-46(62)54(38,40)6)52(4)21-19-36(58)26-34(52)28-44(50)60/h32-47,50-51,58-63H,8-31H2,1-7H3,(H,56,64)/t32?,33?,34?,35?,36-,37-,38?,39?,40?,41?,42?,43?,44?,45?,46+,47+,50?,51?,52-,53-,54+,55+/m0/s1. The first-order valence-electron chi connectivity index (χ1n) is 27.4. The van der Waals surface area contributed by atoms with Gasteiger partial charge < -0.3 is 40.9 Å². The molecule has 0 aromatic carbocycles. The van der Waals surface area contributed by atoms with Crippen LogP contribution in [0, 0.1) is 92.7 Å². The Labute approximate surface area is 393 Å². The molecule has 0 bridgehead atoms. The molecule has 0 aliphatic heterocycles. The van der Waals surface area contributed by atoms with Crippen molar-refractivity contribution in [3.05, 3.63) is 0 Å². The van der Waals surface area contributed by atoms with E-state index in [2.05, 4.69) is 53.8 Å². The van der Waals surface area contributed by atoms with Crippen molar-refractivity contribution in [2.24, 2.45) is 92.7 Å². The number of carbonyl (C=O) groups is 2. The van der Waals surface area contributed by atoms with Gasteiger partial charge in [0.1, 0.15) is 0 Å². The average Bonchev–Trinajstić information content (AvgIpc) is 3.82. The maximum atomic E-state index is 13.9. The summed E-state index contributed by atoms with van der Waals surface area (Å²) >= 11 is 0. The summed E-state index contributed by atoms with van der Waals surface area (Å²) in [5.74, 6) is 3.49. The van der Waals surface area contributed by atoms with E-state index < -0.39 is 12.2 Å². The minimum atomic E-state index is -0.429. The van der Waals surface area contributed by atoms with E-state index in [4.69, 9.17) is 0 Å². The number of aliphatic hydroxyl groups is 6. The van der Waals surface area contributed by atoms with Gasteiger partial charge in [-0.2, -0.15) is 0 Å². The Kier molecular flexibility index (Phi) is 15.0. The molecule has 8 saturated carbocycles. The summed E-state index contributed by atoms with van der Waals surface area (Å²) in [6.07, 6.45) is 15.2. The molecule has 22 atom stereocenters. The lowest BCUT2D eigenvalue weighted by atomic mass is 9.43. The van der Waals surface area contributed by atoms with Crippen LogP contribution in [0.25, 0.3) is 0 Å². The molecule has 8 aliphatic carbocycles. The van der Waals surface area contributed by atoms with E-state index in [0.29, 0.717) is 56.0 Å². The highest BCUT2D eigenvalue weighted by Gasteiger charge is 2.67. The number of hydrogen-bond acceptors (Lipinski definition) is 8. The fourth-order valence-corrected chi connectivity index (χ4v) is 18.8. The van der Waals surface area contributed by atoms with Crippen LogP contribution < -0.4 is 5.32 Å². The molecule has 2 amide bonds. The normalized spacial score (nSPS) is 48.7. The van der Waals surface area contributed by atoms with E-state index >= 15 is 0 Å². The predicted octanol–water partition coefficient (Wildman–Crippen LogP) is 7.88. The smallest absolute Gasteiger partial charge is 0.222 e. The number of unbranched alkanes of at least 4 members (excludes halogenated alkanes) is 1. The first-order chi connectivity index (χ1) is 30.8. The van der Waals surface area contributed by atoms with E-state index in [1.165, 1.54) is 0 Å². The fourth-order valence-electron chi connectivity index (χ4n) is 18.8. The topological polar surface area (TPSA) is 171 Å². The van der Waals surface area contributed by atoms with Crippen molar-refractivity contribution in [2.45, 2.75) is 220 Å². The van der Waals surface area contributed by atoms with Gasteiger partial charge >= 0.3 is 0 Å². The highest BCUT2D eigenvalue weighted by atomic mass is 16.3. The highest BCUT2D eigenvalue weighted by Crippen LogP contribution is 2.70. The number of aliphatic hydroxyl groups excluding tert-OH is 6. The highest BCUT2D eigenvalue weighted by molar-refractivity contribution is 5.76. The molecule has 14 unspecified atom stereocenters. The van der Waals surface area contributed by atoms with Crippen LogP contribution in [0.1, 0.15) is 183 Å². The van der Waals surface area contributed by atoms with Crippen molar-refractivity contribution >= 4 is 11.8 Å². The quantitative estimate of drug-likeness (QED) is 0.0815. The molecule has 0 aromatic heterocycles. The van der Waals surface area contributed by atoms with Crippen molar-refractivity contribution in [1.29, 1.82) is 0 Å². The molecule has 0 spiro atoms. The maximum absolute atomic E-state index is 13.9. The van der Waals surface area contributed by atoms with Crippen LogP contribution in [0.4, 0.5) is 0 Å². The summed E-state index contributed by atoms with van der Waals surface area (Å²) in [5.41, 5.74) is -0.438. The Morgan fingerprint density at radius 1 is 0.600 bits per heavy atom. The monoisotopic (exact) mass is 911 g/mol. The van der Waals surface area contributed by atoms with Crippen LogP contribution in [0.3, 0.4) is 0 Å². The first kappa shape index (κ1) is 50.1. The third-order valence-corrected chi connectivity index (χ3v) is 22.7. The molecule has 8 fully saturated rings.